The maximum atomic E-state index is 12.1. The van der Waals surface area contributed by atoms with E-state index in [4.69, 9.17) is 21.3 Å². The number of nitrogen functional groups attached to an aromatic ring is 1. The van der Waals surface area contributed by atoms with Gasteiger partial charge in [0.2, 0.25) is 5.88 Å². The smallest absolute Gasteiger partial charge is 0.273 e. The lowest BCUT2D eigenvalue weighted by Crippen LogP contribution is -2.51. The van der Waals surface area contributed by atoms with E-state index in [2.05, 4.69) is 28.7 Å². The minimum absolute atomic E-state index is 0.00910. The van der Waals surface area contributed by atoms with Gasteiger partial charge in [0.15, 0.2) is 0 Å². The predicted octanol–water partition coefficient (Wildman–Crippen LogP) is 2.49. The minimum atomic E-state index is -0.384. The first-order valence-electron chi connectivity index (χ1n) is 10.2. The molecule has 1 saturated heterocycles. The van der Waals surface area contributed by atoms with Gasteiger partial charge in [0.25, 0.3) is 5.91 Å². The molecule has 0 unspecified atom stereocenters. The van der Waals surface area contributed by atoms with Gasteiger partial charge in [-0.3, -0.25) is 10.2 Å². The summed E-state index contributed by atoms with van der Waals surface area (Å²) >= 11 is 0. The highest BCUT2D eigenvalue weighted by molar-refractivity contribution is 6.64. The van der Waals surface area contributed by atoms with Crippen molar-refractivity contribution in [3.05, 3.63) is 42.7 Å². The number of aromatic nitrogens is 2. The monoisotopic (exact) mass is 425 g/mol. The lowest BCUT2D eigenvalue weighted by atomic mass is 10.2. The molecule has 4 N–H and O–H groups in total. The van der Waals surface area contributed by atoms with Crippen molar-refractivity contribution in [3.63, 3.8) is 0 Å². The lowest BCUT2D eigenvalue weighted by molar-refractivity contribution is -0.124. The van der Waals surface area contributed by atoms with E-state index in [1.165, 1.54) is 13.3 Å². The molecule has 2 aromatic rings. The van der Waals surface area contributed by atoms with Gasteiger partial charge in [0, 0.05) is 37.9 Å². The van der Waals surface area contributed by atoms with Crippen LogP contribution < -0.4 is 15.4 Å². The Morgan fingerprint density at radius 1 is 1.13 bits per heavy atom. The zero-order valence-electron chi connectivity index (χ0n) is 18.3. The molecule has 0 radical (unpaired) electrons. The zero-order valence-corrected chi connectivity index (χ0v) is 18.3. The Balaban J connectivity index is 0.000000412. The molecule has 1 fully saturated rings. The molecule has 0 bridgehead atoms. The molecule has 1 aromatic carbocycles. The first kappa shape index (κ1) is 23.8. The van der Waals surface area contributed by atoms with Gasteiger partial charge >= 0.3 is 0 Å². The molecule has 1 amide bonds. The van der Waals surface area contributed by atoms with Crippen LogP contribution in [0.25, 0.3) is 0 Å². The molecule has 0 saturated carbocycles. The van der Waals surface area contributed by atoms with Gasteiger partial charge in [0.1, 0.15) is 17.9 Å². The van der Waals surface area contributed by atoms with Crippen LogP contribution in [0.4, 0.5) is 11.5 Å². The highest BCUT2D eigenvalue weighted by atomic mass is 16.5. The molecule has 3 rings (SSSR count). The molecule has 0 atom stereocenters. The Morgan fingerprint density at radius 3 is 2.29 bits per heavy atom. The minimum Gasteiger partial charge on any atom is -0.477 e. The number of carbonyl (C=O) groups excluding carboxylic acids is 1. The molecular weight excluding hydrogens is 394 g/mol. The van der Waals surface area contributed by atoms with Gasteiger partial charge in [-0.05, 0) is 25.0 Å². The SMILES string of the molecule is CC(=N)C(=N)C(=O)N1CCN(c2cc(OCC(C)C)ncn2)CC1.Nc1ccccc1. The van der Waals surface area contributed by atoms with Crippen LogP contribution in [0.5, 0.6) is 5.88 Å². The fourth-order valence-corrected chi connectivity index (χ4v) is 2.74. The van der Waals surface area contributed by atoms with E-state index in [1.54, 1.807) is 4.90 Å². The molecule has 1 aromatic heterocycles. The van der Waals surface area contributed by atoms with E-state index < -0.39 is 0 Å². The summed E-state index contributed by atoms with van der Waals surface area (Å²) in [5.41, 5.74) is 5.93. The van der Waals surface area contributed by atoms with E-state index in [1.807, 2.05) is 36.4 Å². The van der Waals surface area contributed by atoms with Crippen LogP contribution in [-0.4, -0.2) is 65.0 Å². The number of hydrogen-bond donors (Lipinski definition) is 3. The van der Waals surface area contributed by atoms with Crippen LogP contribution in [0, 0.1) is 16.7 Å². The highest BCUT2D eigenvalue weighted by Crippen LogP contribution is 2.18. The van der Waals surface area contributed by atoms with E-state index >= 15 is 0 Å². The second kappa shape index (κ2) is 11.6. The first-order chi connectivity index (χ1) is 14.8. The summed E-state index contributed by atoms with van der Waals surface area (Å²) in [5.74, 6) is 1.36. The van der Waals surface area contributed by atoms with Crippen LogP contribution in [0.3, 0.4) is 0 Å². The average Bonchev–Trinajstić information content (AvgIpc) is 2.78. The fourth-order valence-electron chi connectivity index (χ4n) is 2.74. The summed E-state index contributed by atoms with van der Waals surface area (Å²) in [5, 5.41) is 15.0. The molecule has 0 spiro atoms. The van der Waals surface area contributed by atoms with Crippen LogP contribution in [0.2, 0.25) is 0 Å². The Kier molecular flexibility index (Phi) is 8.93. The average molecular weight is 426 g/mol. The van der Waals surface area contributed by atoms with E-state index in [0.717, 1.165) is 11.5 Å². The Hall–Kier alpha value is -3.49. The quantitative estimate of drug-likeness (QED) is 0.481. The maximum Gasteiger partial charge on any atom is 0.273 e. The Labute approximate surface area is 183 Å². The molecule has 0 aliphatic carbocycles. The number of nitrogens with zero attached hydrogens (tertiary/aromatic N) is 4. The number of nitrogens with one attached hydrogen (secondary N) is 2. The van der Waals surface area contributed by atoms with Crippen molar-refractivity contribution in [1.29, 1.82) is 10.8 Å². The molecule has 1 aliphatic heterocycles. The number of hydrogen-bond acceptors (Lipinski definition) is 8. The van der Waals surface area contributed by atoms with Crippen LogP contribution in [-0.2, 0) is 4.79 Å². The number of benzene rings is 1. The number of anilines is 2. The van der Waals surface area contributed by atoms with Crippen molar-refractivity contribution in [2.24, 2.45) is 5.92 Å². The maximum absolute atomic E-state index is 12.1. The number of piperazine rings is 1. The summed E-state index contributed by atoms with van der Waals surface area (Å²) in [4.78, 5) is 24.1. The molecule has 1 aliphatic rings. The van der Waals surface area contributed by atoms with E-state index in [9.17, 15) is 4.79 Å². The standard InChI is InChI=1S/C16H24N6O2.C6H7N/c1-11(2)9-24-14-8-13(19-10-20-14)21-4-6-22(7-5-21)16(23)15(18)12(3)17;7-6-4-2-1-3-5-6/h8,10-11,17-18H,4-7,9H2,1-3H3;1-5H,7H2. The second-order valence-corrected chi connectivity index (χ2v) is 7.61. The van der Waals surface area contributed by atoms with Gasteiger partial charge in [-0.25, -0.2) is 9.97 Å². The van der Waals surface area contributed by atoms with Crippen LogP contribution in [0.15, 0.2) is 42.7 Å². The predicted molar refractivity (Wildman–Crippen MR) is 123 cm³/mol. The van der Waals surface area contributed by atoms with Gasteiger partial charge in [-0.15, -0.1) is 0 Å². The summed E-state index contributed by atoms with van der Waals surface area (Å²) in [6.45, 7) is 8.45. The zero-order chi connectivity index (χ0) is 22.8. The van der Waals surface area contributed by atoms with Gasteiger partial charge in [0.05, 0.1) is 12.3 Å². The van der Waals surface area contributed by atoms with Crippen molar-refractivity contribution in [3.8, 4) is 5.88 Å². The van der Waals surface area contributed by atoms with Gasteiger partial charge < -0.3 is 25.7 Å². The van der Waals surface area contributed by atoms with Gasteiger partial charge in [-0.2, -0.15) is 0 Å². The number of nitrogens with two attached hydrogens (primary N) is 1. The number of amides is 1. The number of rotatable bonds is 6. The lowest BCUT2D eigenvalue weighted by Gasteiger charge is -2.35. The van der Waals surface area contributed by atoms with Crippen molar-refractivity contribution in [2.75, 3.05) is 43.4 Å². The molecule has 2 heterocycles. The Morgan fingerprint density at radius 2 is 1.77 bits per heavy atom. The van der Waals surface area contributed by atoms with Crippen molar-refractivity contribution < 1.29 is 9.53 Å². The molecule has 31 heavy (non-hydrogen) atoms. The highest BCUT2D eigenvalue weighted by Gasteiger charge is 2.25. The van der Waals surface area contributed by atoms with E-state index in [-0.39, 0.29) is 17.3 Å². The van der Waals surface area contributed by atoms with Crippen molar-refractivity contribution in [2.45, 2.75) is 20.8 Å². The third kappa shape index (κ3) is 7.69. The Bertz CT molecular complexity index is 878. The molecular formula is C22H31N7O2. The molecule has 9 heteroatoms. The number of carbonyl (C=O) groups is 1. The number of para-hydroxylation sites is 1. The van der Waals surface area contributed by atoms with Crippen LogP contribution in [0.1, 0.15) is 20.8 Å². The van der Waals surface area contributed by atoms with Crippen molar-refractivity contribution in [1.82, 2.24) is 14.9 Å². The molecule has 166 valence electrons. The van der Waals surface area contributed by atoms with Gasteiger partial charge in [-0.1, -0.05) is 32.0 Å². The summed E-state index contributed by atoms with van der Waals surface area (Å²) in [7, 11) is 0. The summed E-state index contributed by atoms with van der Waals surface area (Å²) in [6.07, 6.45) is 1.48. The third-order valence-electron chi connectivity index (χ3n) is 4.47. The summed E-state index contributed by atoms with van der Waals surface area (Å²) < 4.78 is 5.62. The van der Waals surface area contributed by atoms with E-state index in [0.29, 0.717) is 44.6 Å². The first-order valence-corrected chi connectivity index (χ1v) is 10.2. The fraction of sp³-hybridized carbons (Fsp3) is 0.409. The number of ether oxygens (including phenoxy) is 1. The molecule has 9 nitrogen and oxygen atoms in total. The second-order valence-electron chi connectivity index (χ2n) is 7.61. The normalized spacial score (nSPS) is 13.3. The van der Waals surface area contributed by atoms with Crippen molar-refractivity contribution >= 4 is 28.8 Å². The largest absolute Gasteiger partial charge is 0.477 e. The summed E-state index contributed by atoms with van der Waals surface area (Å²) in [6, 6.07) is 11.3. The van der Waals surface area contributed by atoms with Crippen LogP contribution >= 0.6 is 0 Å². The third-order valence-corrected chi connectivity index (χ3v) is 4.47. The topological polar surface area (TPSA) is 132 Å².